The highest BCUT2D eigenvalue weighted by Crippen LogP contribution is 2.20. The van der Waals surface area contributed by atoms with Gasteiger partial charge in [-0.25, -0.2) is 0 Å². The molecule has 1 saturated heterocycles. The highest BCUT2D eigenvalue weighted by Gasteiger charge is 2.32. The topological polar surface area (TPSA) is 43.4 Å². The monoisotopic (exact) mass is 160 g/mol. The summed E-state index contributed by atoms with van der Waals surface area (Å²) < 4.78 is 4.43. The summed E-state index contributed by atoms with van der Waals surface area (Å²) >= 11 is 1.48. The molecule has 0 bridgehead atoms. The Morgan fingerprint density at radius 2 is 2.50 bits per heavy atom. The molecule has 0 aliphatic carbocycles. The number of esters is 1. The number of Topliss-reactive ketones (excluding diaryl/α,β-unsaturated/α-hetero) is 1. The molecule has 10 heavy (non-hydrogen) atoms. The molecule has 1 heterocycles. The average molecular weight is 160 g/mol. The van der Waals surface area contributed by atoms with Crippen LogP contribution in [0.2, 0.25) is 0 Å². The highest BCUT2D eigenvalue weighted by molar-refractivity contribution is 8.00. The fourth-order valence-corrected chi connectivity index (χ4v) is 1.89. The molecule has 0 aromatic carbocycles. The number of methoxy groups -OCH3 is 1. The van der Waals surface area contributed by atoms with E-state index in [4.69, 9.17) is 0 Å². The van der Waals surface area contributed by atoms with Crippen LogP contribution in [0.15, 0.2) is 0 Å². The molecule has 0 aromatic heterocycles. The summed E-state index contributed by atoms with van der Waals surface area (Å²) in [6, 6.07) is 0. The summed E-state index contributed by atoms with van der Waals surface area (Å²) in [6.07, 6.45) is 0. The van der Waals surface area contributed by atoms with E-state index in [1.807, 2.05) is 0 Å². The van der Waals surface area contributed by atoms with Gasteiger partial charge in [0.25, 0.3) is 0 Å². The van der Waals surface area contributed by atoms with Crippen molar-refractivity contribution in [1.82, 2.24) is 0 Å². The second kappa shape index (κ2) is 3.05. The first-order chi connectivity index (χ1) is 4.75. The summed E-state index contributed by atoms with van der Waals surface area (Å²) in [7, 11) is 1.30. The maximum absolute atomic E-state index is 10.9. The van der Waals surface area contributed by atoms with Crippen LogP contribution in [0, 0.1) is 5.92 Å². The molecule has 0 saturated carbocycles. The van der Waals surface area contributed by atoms with Gasteiger partial charge >= 0.3 is 5.97 Å². The van der Waals surface area contributed by atoms with Crippen molar-refractivity contribution in [3.05, 3.63) is 0 Å². The number of rotatable bonds is 1. The first-order valence-electron chi connectivity index (χ1n) is 2.94. The fourth-order valence-electron chi connectivity index (χ4n) is 0.813. The Labute approximate surface area is 63.1 Å². The molecular formula is C6H8O3S. The molecule has 1 aliphatic rings. The number of carbonyl (C=O) groups is 2. The van der Waals surface area contributed by atoms with Crippen LogP contribution in [0.5, 0.6) is 0 Å². The average Bonchev–Trinajstić information content (AvgIpc) is 2.34. The maximum atomic E-state index is 10.9. The number of thioether (sulfide) groups is 1. The Kier molecular flexibility index (Phi) is 2.32. The molecule has 3 nitrogen and oxygen atoms in total. The molecule has 0 unspecified atom stereocenters. The normalized spacial score (nSPS) is 24.9. The van der Waals surface area contributed by atoms with Crippen LogP contribution in [0.3, 0.4) is 0 Å². The lowest BCUT2D eigenvalue weighted by Crippen LogP contribution is -2.23. The van der Waals surface area contributed by atoms with Crippen LogP contribution in [-0.2, 0) is 14.3 Å². The van der Waals surface area contributed by atoms with E-state index < -0.39 is 11.9 Å². The minimum absolute atomic E-state index is 0.00292. The third-order valence-electron chi connectivity index (χ3n) is 1.40. The molecule has 0 spiro atoms. The van der Waals surface area contributed by atoms with Crippen LogP contribution in [0.1, 0.15) is 0 Å². The number of ether oxygens (including phenoxy) is 1. The zero-order chi connectivity index (χ0) is 7.56. The standard InChI is InChI=1S/C6H8O3S/c1-9-6(8)4-2-10-3-5(4)7/h4H,2-3H2,1H3/t4-/m0/s1. The lowest BCUT2D eigenvalue weighted by Gasteiger charge is -2.01. The van der Waals surface area contributed by atoms with Crippen molar-refractivity contribution in [3.63, 3.8) is 0 Å². The van der Waals surface area contributed by atoms with E-state index in [0.717, 1.165) is 0 Å². The molecule has 1 fully saturated rings. The van der Waals surface area contributed by atoms with Crippen molar-refractivity contribution >= 4 is 23.5 Å². The third-order valence-corrected chi connectivity index (χ3v) is 2.46. The zero-order valence-corrected chi connectivity index (χ0v) is 6.44. The lowest BCUT2D eigenvalue weighted by atomic mass is 10.1. The Morgan fingerprint density at radius 3 is 2.90 bits per heavy atom. The Hall–Kier alpha value is -0.510. The molecule has 1 atom stereocenters. The van der Waals surface area contributed by atoms with Crippen LogP contribution in [-0.4, -0.2) is 30.4 Å². The zero-order valence-electron chi connectivity index (χ0n) is 5.62. The minimum atomic E-state index is -0.491. The molecule has 0 aromatic rings. The van der Waals surface area contributed by atoms with E-state index >= 15 is 0 Å². The van der Waals surface area contributed by atoms with Crippen molar-refractivity contribution in [2.75, 3.05) is 18.6 Å². The summed E-state index contributed by atoms with van der Waals surface area (Å²) in [6.45, 7) is 0. The number of carbonyl (C=O) groups excluding carboxylic acids is 2. The van der Waals surface area contributed by atoms with Gasteiger partial charge in [0.15, 0.2) is 5.78 Å². The second-order valence-electron chi connectivity index (χ2n) is 2.06. The predicted molar refractivity (Wildman–Crippen MR) is 37.8 cm³/mol. The third kappa shape index (κ3) is 1.31. The lowest BCUT2D eigenvalue weighted by molar-refractivity contribution is -0.147. The van der Waals surface area contributed by atoms with Crippen LogP contribution in [0.25, 0.3) is 0 Å². The van der Waals surface area contributed by atoms with E-state index in [1.165, 1.54) is 18.9 Å². The summed E-state index contributed by atoms with van der Waals surface area (Å²) in [5, 5.41) is 0. The number of hydrogen-bond acceptors (Lipinski definition) is 4. The van der Waals surface area contributed by atoms with Gasteiger partial charge in [0.05, 0.1) is 12.9 Å². The van der Waals surface area contributed by atoms with Crippen LogP contribution >= 0.6 is 11.8 Å². The molecule has 0 radical (unpaired) electrons. The molecule has 0 N–H and O–H groups in total. The van der Waals surface area contributed by atoms with Crippen molar-refractivity contribution in [3.8, 4) is 0 Å². The summed E-state index contributed by atoms with van der Waals surface area (Å²) in [5.41, 5.74) is 0. The van der Waals surface area contributed by atoms with E-state index in [9.17, 15) is 9.59 Å². The SMILES string of the molecule is COC(=O)[C@H]1CSCC1=O. The van der Waals surface area contributed by atoms with Gasteiger partial charge in [-0.2, -0.15) is 11.8 Å². The van der Waals surface area contributed by atoms with Crippen molar-refractivity contribution in [2.24, 2.45) is 5.92 Å². The smallest absolute Gasteiger partial charge is 0.317 e. The Bertz CT molecular complexity index is 166. The van der Waals surface area contributed by atoms with Gasteiger partial charge in [0.2, 0.25) is 0 Å². The summed E-state index contributed by atoms with van der Waals surface area (Å²) in [5.74, 6) is 0.160. The Morgan fingerprint density at radius 1 is 1.80 bits per heavy atom. The van der Waals surface area contributed by atoms with E-state index in [2.05, 4.69) is 4.74 Å². The summed E-state index contributed by atoms with van der Waals surface area (Å²) in [4.78, 5) is 21.6. The molecule has 56 valence electrons. The van der Waals surface area contributed by atoms with Gasteiger partial charge in [-0.15, -0.1) is 0 Å². The predicted octanol–water partition coefficient (Wildman–Crippen LogP) is 0.0915. The first kappa shape index (κ1) is 7.60. The number of hydrogen-bond donors (Lipinski definition) is 0. The van der Waals surface area contributed by atoms with Crippen molar-refractivity contribution in [2.45, 2.75) is 0 Å². The van der Waals surface area contributed by atoms with Gasteiger partial charge in [-0.05, 0) is 0 Å². The minimum Gasteiger partial charge on any atom is -0.468 e. The number of ketones is 1. The van der Waals surface area contributed by atoms with E-state index in [-0.39, 0.29) is 5.78 Å². The molecule has 4 heteroatoms. The van der Waals surface area contributed by atoms with Gasteiger partial charge in [0, 0.05) is 5.75 Å². The molecule has 1 rings (SSSR count). The molecular weight excluding hydrogens is 152 g/mol. The second-order valence-corrected chi connectivity index (χ2v) is 3.09. The van der Waals surface area contributed by atoms with Crippen LogP contribution in [0.4, 0.5) is 0 Å². The molecule has 1 aliphatic heterocycles. The highest BCUT2D eigenvalue weighted by atomic mass is 32.2. The van der Waals surface area contributed by atoms with Gasteiger partial charge in [0.1, 0.15) is 5.92 Å². The maximum Gasteiger partial charge on any atom is 0.317 e. The van der Waals surface area contributed by atoms with E-state index in [0.29, 0.717) is 11.5 Å². The first-order valence-corrected chi connectivity index (χ1v) is 4.09. The largest absolute Gasteiger partial charge is 0.468 e. The van der Waals surface area contributed by atoms with E-state index in [1.54, 1.807) is 0 Å². The Balaban J connectivity index is 2.55. The van der Waals surface area contributed by atoms with Crippen LogP contribution < -0.4 is 0 Å². The van der Waals surface area contributed by atoms with Gasteiger partial charge < -0.3 is 4.74 Å². The van der Waals surface area contributed by atoms with Gasteiger partial charge in [-0.1, -0.05) is 0 Å². The van der Waals surface area contributed by atoms with Crippen molar-refractivity contribution in [1.29, 1.82) is 0 Å². The van der Waals surface area contributed by atoms with Gasteiger partial charge in [-0.3, -0.25) is 9.59 Å². The fraction of sp³-hybridized carbons (Fsp3) is 0.667. The molecule has 0 amide bonds. The van der Waals surface area contributed by atoms with Crippen molar-refractivity contribution < 1.29 is 14.3 Å². The quantitative estimate of drug-likeness (QED) is 0.403.